The molecule has 1 atom stereocenters. The van der Waals surface area contributed by atoms with Crippen LogP contribution < -0.4 is 0 Å². The third-order valence-corrected chi connectivity index (χ3v) is 2.42. The summed E-state index contributed by atoms with van der Waals surface area (Å²) in [4.78, 5) is 0. The number of nitrogens with zero attached hydrogens (tertiary/aromatic N) is 1. The lowest BCUT2D eigenvalue weighted by atomic mass is 10.1. The van der Waals surface area contributed by atoms with Gasteiger partial charge in [0, 0.05) is 11.6 Å². The first kappa shape index (κ1) is 7.63. The normalized spacial score (nSPS) is 10.8. The molecule has 0 spiro atoms. The molecule has 0 amide bonds. The standard InChI is InChI=1S/C9H10NOP/c1-6-4-8(11)5-7-2-3-10(12)9(6)7/h2-5,11H,12H2,1H3. The van der Waals surface area contributed by atoms with Crippen molar-refractivity contribution >= 4 is 20.3 Å². The van der Waals surface area contributed by atoms with E-state index < -0.39 is 0 Å². The highest BCUT2D eigenvalue weighted by molar-refractivity contribution is 7.14. The maximum Gasteiger partial charge on any atom is 0.116 e. The lowest BCUT2D eigenvalue weighted by Crippen LogP contribution is -1.80. The Morgan fingerprint density at radius 2 is 2.17 bits per heavy atom. The third kappa shape index (κ3) is 0.997. The van der Waals surface area contributed by atoms with Crippen molar-refractivity contribution in [3.05, 3.63) is 30.0 Å². The first-order valence-electron chi connectivity index (χ1n) is 3.74. The molecular formula is C9H10NOP. The molecule has 0 saturated carbocycles. The molecule has 0 fully saturated rings. The van der Waals surface area contributed by atoms with E-state index in [0.29, 0.717) is 5.75 Å². The van der Waals surface area contributed by atoms with E-state index in [-0.39, 0.29) is 0 Å². The third-order valence-electron chi connectivity index (χ3n) is 1.99. The summed E-state index contributed by atoms with van der Waals surface area (Å²) in [6.45, 7) is 1.99. The van der Waals surface area contributed by atoms with Gasteiger partial charge in [-0.25, -0.2) is 0 Å². The van der Waals surface area contributed by atoms with Crippen molar-refractivity contribution in [3.63, 3.8) is 0 Å². The highest BCUT2D eigenvalue weighted by atomic mass is 31.0. The number of hydrogen-bond donors (Lipinski definition) is 1. The van der Waals surface area contributed by atoms with E-state index in [1.165, 1.54) is 0 Å². The first-order valence-corrected chi connectivity index (χ1v) is 4.26. The SMILES string of the molecule is Cc1cc(O)cc2ccn(P)c12. The quantitative estimate of drug-likeness (QED) is 0.616. The van der Waals surface area contributed by atoms with Crippen LogP contribution in [-0.4, -0.2) is 9.44 Å². The van der Waals surface area contributed by atoms with E-state index in [1.54, 1.807) is 12.1 Å². The largest absolute Gasteiger partial charge is 0.508 e. The molecule has 1 unspecified atom stereocenters. The van der Waals surface area contributed by atoms with Gasteiger partial charge < -0.3 is 9.44 Å². The number of rotatable bonds is 0. The van der Waals surface area contributed by atoms with Gasteiger partial charge in [0.15, 0.2) is 0 Å². The van der Waals surface area contributed by atoms with Gasteiger partial charge in [-0.15, -0.1) is 0 Å². The summed E-state index contributed by atoms with van der Waals surface area (Å²) in [6, 6.07) is 5.51. The van der Waals surface area contributed by atoms with E-state index in [2.05, 4.69) is 9.39 Å². The number of aryl methyl sites for hydroxylation is 1. The van der Waals surface area contributed by atoms with Gasteiger partial charge in [0.05, 0.1) is 5.52 Å². The Morgan fingerprint density at radius 3 is 2.92 bits per heavy atom. The van der Waals surface area contributed by atoms with Crippen molar-refractivity contribution in [2.45, 2.75) is 6.92 Å². The van der Waals surface area contributed by atoms with Gasteiger partial charge in [0.25, 0.3) is 0 Å². The van der Waals surface area contributed by atoms with Gasteiger partial charge in [-0.3, -0.25) is 0 Å². The lowest BCUT2D eigenvalue weighted by Gasteiger charge is -2.01. The summed E-state index contributed by atoms with van der Waals surface area (Å²) in [5.41, 5.74) is 2.24. The zero-order chi connectivity index (χ0) is 8.72. The second kappa shape index (κ2) is 2.49. The topological polar surface area (TPSA) is 25.2 Å². The predicted octanol–water partition coefficient (Wildman–Crippen LogP) is 2.29. The zero-order valence-corrected chi connectivity index (χ0v) is 7.94. The molecule has 0 bridgehead atoms. The molecule has 0 saturated heterocycles. The fourth-order valence-corrected chi connectivity index (χ4v) is 1.94. The Labute approximate surface area is 73.1 Å². The van der Waals surface area contributed by atoms with Crippen molar-refractivity contribution < 1.29 is 5.11 Å². The Kier molecular flexibility index (Phi) is 1.59. The maximum atomic E-state index is 9.30. The number of fused-ring (bicyclic) bond motifs is 1. The minimum absolute atomic E-state index is 0.330. The van der Waals surface area contributed by atoms with E-state index >= 15 is 0 Å². The molecule has 0 aliphatic heterocycles. The number of phenols is 1. The van der Waals surface area contributed by atoms with Crippen LogP contribution in [0.5, 0.6) is 5.75 Å². The van der Waals surface area contributed by atoms with Crippen LogP contribution in [0.15, 0.2) is 24.4 Å². The van der Waals surface area contributed by atoms with Crippen LogP contribution in [-0.2, 0) is 0 Å². The van der Waals surface area contributed by atoms with Crippen LogP contribution in [0.1, 0.15) is 5.56 Å². The minimum Gasteiger partial charge on any atom is -0.508 e. The highest BCUT2D eigenvalue weighted by Crippen LogP contribution is 2.26. The summed E-state index contributed by atoms with van der Waals surface area (Å²) in [7, 11) is 2.62. The molecule has 0 aliphatic rings. The smallest absolute Gasteiger partial charge is 0.116 e. The minimum atomic E-state index is 0.330. The predicted molar refractivity (Wildman–Crippen MR) is 53.4 cm³/mol. The molecule has 0 radical (unpaired) electrons. The second-order valence-electron chi connectivity index (χ2n) is 2.92. The monoisotopic (exact) mass is 179 g/mol. The molecule has 0 aliphatic carbocycles. The van der Waals surface area contributed by atoms with E-state index in [9.17, 15) is 5.11 Å². The highest BCUT2D eigenvalue weighted by Gasteiger charge is 2.02. The van der Waals surface area contributed by atoms with Gasteiger partial charge in [-0.2, -0.15) is 0 Å². The Morgan fingerprint density at radius 1 is 1.42 bits per heavy atom. The zero-order valence-electron chi connectivity index (χ0n) is 6.78. The van der Waals surface area contributed by atoms with Crippen LogP contribution in [0.25, 0.3) is 10.9 Å². The average Bonchev–Trinajstić information content (AvgIpc) is 2.31. The number of benzene rings is 1. The summed E-state index contributed by atoms with van der Waals surface area (Å²) < 4.78 is 1.98. The molecule has 1 heterocycles. The van der Waals surface area contributed by atoms with Crippen LogP contribution in [0, 0.1) is 6.92 Å². The maximum absolute atomic E-state index is 9.30. The van der Waals surface area contributed by atoms with Crippen molar-refractivity contribution in [3.8, 4) is 5.75 Å². The van der Waals surface area contributed by atoms with Gasteiger partial charge >= 0.3 is 0 Å². The van der Waals surface area contributed by atoms with Crippen LogP contribution in [0.4, 0.5) is 0 Å². The molecule has 2 rings (SSSR count). The summed E-state index contributed by atoms with van der Waals surface area (Å²) in [6.07, 6.45) is 1.96. The molecule has 2 nitrogen and oxygen atoms in total. The fraction of sp³-hybridized carbons (Fsp3) is 0.111. The summed E-state index contributed by atoms with van der Waals surface area (Å²) in [5.74, 6) is 0.330. The lowest BCUT2D eigenvalue weighted by molar-refractivity contribution is 0.476. The summed E-state index contributed by atoms with van der Waals surface area (Å²) in [5, 5.41) is 10.4. The van der Waals surface area contributed by atoms with Crippen LogP contribution in [0.2, 0.25) is 0 Å². The first-order chi connectivity index (χ1) is 5.68. The molecule has 1 aromatic carbocycles. The second-order valence-corrected chi connectivity index (χ2v) is 3.48. The molecule has 2 aromatic rings. The van der Waals surface area contributed by atoms with Gasteiger partial charge in [0.2, 0.25) is 0 Å². The fourth-order valence-electron chi connectivity index (χ4n) is 1.50. The van der Waals surface area contributed by atoms with Crippen molar-refractivity contribution in [1.82, 2.24) is 4.34 Å². The van der Waals surface area contributed by atoms with Crippen LogP contribution in [0.3, 0.4) is 0 Å². The van der Waals surface area contributed by atoms with Crippen LogP contribution >= 0.6 is 9.39 Å². The number of aromatic nitrogens is 1. The van der Waals surface area contributed by atoms with Crippen molar-refractivity contribution in [1.29, 1.82) is 0 Å². The summed E-state index contributed by atoms with van der Waals surface area (Å²) >= 11 is 0. The Bertz CT molecular complexity index is 433. The Balaban J connectivity index is 2.93. The average molecular weight is 179 g/mol. The molecule has 3 heteroatoms. The Hall–Kier alpha value is -1.01. The van der Waals surface area contributed by atoms with Crippen molar-refractivity contribution in [2.24, 2.45) is 0 Å². The van der Waals surface area contributed by atoms with Crippen molar-refractivity contribution in [2.75, 3.05) is 0 Å². The number of aromatic hydroxyl groups is 1. The van der Waals surface area contributed by atoms with Gasteiger partial charge in [-0.1, -0.05) is 0 Å². The van der Waals surface area contributed by atoms with E-state index in [4.69, 9.17) is 0 Å². The number of phenolic OH excluding ortho intramolecular Hbond substituents is 1. The molecule has 1 aromatic heterocycles. The molecule has 1 N–H and O–H groups in total. The molecule has 62 valence electrons. The van der Waals surface area contributed by atoms with Gasteiger partial charge in [0.1, 0.15) is 5.75 Å². The number of hydrogen-bond acceptors (Lipinski definition) is 1. The van der Waals surface area contributed by atoms with E-state index in [0.717, 1.165) is 16.5 Å². The molecular weight excluding hydrogens is 169 g/mol. The van der Waals surface area contributed by atoms with Gasteiger partial charge in [-0.05, 0) is 40.1 Å². The van der Waals surface area contributed by atoms with E-state index in [1.807, 2.05) is 23.5 Å². The molecule has 12 heavy (non-hydrogen) atoms.